The first kappa shape index (κ1) is 47.1. The Morgan fingerprint density at radius 1 is 0.301 bits per heavy atom. The molecule has 1 spiro atoms. The molecule has 0 fully saturated rings. The lowest BCUT2D eigenvalue weighted by atomic mass is 9.70. The van der Waals surface area contributed by atoms with Crippen LogP contribution in [-0.4, -0.2) is 4.98 Å². The van der Waals surface area contributed by atoms with E-state index in [-0.39, 0.29) is 11.6 Å². The van der Waals surface area contributed by atoms with E-state index >= 15 is 8.78 Å². The molecule has 3 aliphatic rings. The highest BCUT2D eigenvalue weighted by atomic mass is 19.1. The summed E-state index contributed by atoms with van der Waals surface area (Å²) in [6, 6.07) is 98.6. The van der Waals surface area contributed by atoms with Crippen molar-refractivity contribution in [1.29, 1.82) is 0 Å². The number of aromatic nitrogens is 1. The average Bonchev–Trinajstić information content (AvgIpc) is 2.04. The Morgan fingerprint density at radius 2 is 0.759 bits per heavy atom. The lowest BCUT2D eigenvalue weighted by Gasteiger charge is -2.32. The summed E-state index contributed by atoms with van der Waals surface area (Å²) in [5.74, 6) is -0.481. The van der Waals surface area contributed by atoms with Crippen LogP contribution in [0.25, 0.3) is 99.2 Å². The Hall–Kier alpha value is -10.8. The third-order valence-corrected chi connectivity index (χ3v) is 17.7. The van der Waals surface area contributed by atoms with Crippen molar-refractivity contribution < 1.29 is 8.78 Å². The van der Waals surface area contributed by atoms with E-state index in [2.05, 4.69) is 205 Å². The van der Waals surface area contributed by atoms with Crippen LogP contribution in [0.2, 0.25) is 0 Å². The lowest BCUT2D eigenvalue weighted by molar-refractivity contribution is 0.625. The molecule has 5 heteroatoms. The highest BCUT2D eigenvalue weighted by Gasteiger charge is 2.52. The van der Waals surface area contributed by atoms with Gasteiger partial charge in [0.1, 0.15) is 5.82 Å². The van der Waals surface area contributed by atoms with Crippen LogP contribution in [0.1, 0.15) is 22.3 Å². The van der Waals surface area contributed by atoms with Crippen LogP contribution in [0.5, 0.6) is 0 Å². The molecule has 0 saturated heterocycles. The van der Waals surface area contributed by atoms with Gasteiger partial charge in [-0.3, -0.25) is 4.90 Å². The highest BCUT2D eigenvalue weighted by Crippen LogP contribution is 2.65. The third-order valence-electron chi connectivity index (χ3n) is 17.7. The molecule has 1 aromatic heterocycles. The van der Waals surface area contributed by atoms with E-state index < -0.39 is 11.2 Å². The fourth-order valence-corrected chi connectivity index (χ4v) is 14.4. The molecule has 0 bridgehead atoms. The van der Waals surface area contributed by atoms with E-state index in [1.54, 1.807) is 18.2 Å². The zero-order valence-electron chi connectivity index (χ0n) is 44.7. The van der Waals surface area contributed by atoms with Crippen molar-refractivity contribution in [2.45, 2.75) is 5.41 Å². The summed E-state index contributed by atoms with van der Waals surface area (Å²) in [5, 5.41) is 5.37. The van der Waals surface area contributed by atoms with Gasteiger partial charge < -0.3 is 4.90 Å². The molecule has 0 aliphatic heterocycles. The van der Waals surface area contributed by atoms with Gasteiger partial charge in [-0.05, 0) is 172 Å². The van der Waals surface area contributed by atoms with Crippen molar-refractivity contribution in [3.8, 4) is 66.8 Å². The molecule has 0 saturated carbocycles. The van der Waals surface area contributed by atoms with Crippen LogP contribution in [0.3, 0.4) is 0 Å². The van der Waals surface area contributed by atoms with Crippen molar-refractivity contribution >= 4 is 66.7 Å². The second-order valence-electron chi connectivity index (χ2n) is 21.9. The van der Waals surface area contributed by atoms with Gasteiger partial charge in [0.15, 0.2) is 11.6 Å². The molecule has 0 unspecified atom stereocenters. The second kappa shape index (κ2) is 18.1. The Morgan fingerprint density at radius 3 is 1.40 bits per heavy atom. The fourth-order valence-electron chi connectivity index (χ4n) is 14.4. The molecule has 3 aliphatic carbocycles. The van der Waals surface area contributed by atoms with Gasteiger partial charge in [0, 0.05) is 28.0 Å². The summed E-state index contributed by atoms with van der Waals surface area (Å²) in [4.78, 5) is 8.93. The second-order valence-corrected chi connectivity index (χ2v) is 21.9. The van der Waals surface area contributed by atoms with Crippen LogP contribution in [0.4, 0.5) is 43.0 Å². The van der Waals surface area contributed by atoms with Crippen LogP contribution < -0.4 is 9.80 Å². The van der Waals surface area contributed by atoms with Crippen LogP contribution in [-0.2, 0) is 5.41 Å². The number of hydrogen-bond donors (Lipinski definition) is 0. The number of nitrogens with zero attached hydrogens (tertiary/aromatic N) is 3. The first-order chi connectivity index (χ1) is 41.0. The molecule has 0 radical (unpaired) electrons. The Kier molecular flexibility index (Phi) is 10.3. The number of pyridine rings is 1. The van der Waals surface area contributed by atoms with Crippen LogP contribution >= 0.6 is 0 Å². The molecule has 0 N–H and O–H groups in total. The van der Waals surface area contributed by atoms with E-state index in [1.165, 1.54) is 66.4 Å². The molecule has 0 atom stereocenters. The minimum absolute atomic E-state index is 0.233. The summed E-state index contributed by atoms with van der Waals surface area (Å²) >= 11 is 0. The van der Waals surface area contributed by atoms with Crippen molar-refractivity contribution in [2.75, 3.05) is 9.80 Å². The van der Waals surface area contributed by atoms with E-state index in [4.69, 9.17) is 4.98 Å². The summed E-state index contributed by atoms with van der Waals surface area (Å²) in [5.41, 5.74) is 22.6. The van der Waals surface area contributed by atoms with Gasteiger partial charge in [0.05, 0.1) is 22.3 Å². The number of fused-ring (bicyclic) bond motifs is 15. The predicted molar refractivity (Wildman–Crippen MR) is 338 cm³/mol. The molecule has 3 nitrogen and oxygen atoms in total. The number of halogens is 2. The maximum Gasteiger partial charge on any atom is 0.174 e. The van der Waals surface area contributed by atoms with E-state index in [1.807, 2.05) is 71.6 Å². The van der Waals surface area contributed by atoms with Gasteiger partial charge in [-0.15, -0.1) is 0 Å². The van der Waals surface area contributed by atoms with Gasteiger partial charge in [0.2, 0.25) is 0 Å². The molecule has 14 aromatic rings. The number of benzene rings is 13. The molecule has 388 valence electrons. The first-order valence-corrected chi connectivity index (χ1v) is 28.2. The van der Waals surface area contributed by atoms with Gasteiger partial charge in [-0.1, -0.05) is 218 Å². The van der Waals surface area contributed by atoms with Crippen molar-refractivity contribution in [3.05, 3.63) is 319 Å². The summed E-state index contributed by atoms with van der Waals surface area (Å²) in [7, 11) is 0. The van der Waals surface area contributed by atoms with Gasteiger partial charge in [0.25, 0.3) is 0 Å². The number of anilines is 6. The molecule has 13 aromatic carbocycles. The zero-order valence-corrected chi connectivity index (χ0v) is 44.7. The zero-order chi connectivity index (χ0) is 54.9. The smallest absolute Gasteiger partial charge is 0.174 e. The number of para-hydroxylation sites is 3. The number of rotatable bonds is 8. The van der Waals surface area contributed by atoms with Crippen molar-refractivity contribution in [3.63, 3.8) is 0 Å². The summed E-state index contributed by atoms with van der Waals surface area (Å²) < 4.78 is 33.2. The highest BCUT2D eigenvalue weighted by molar-refractivity contribution is 6.27. The lowest BCUT2D eigenvalue weighted by Crippen LogP contribution is -2.26. The molecular formula is C78H47F2N3. The maximum atomic E-state index is 16.9. The third kappa shape index (κ3) is 6.73. The Labute approximate surface area is 478 Å². The van der Waals surface area contributed by atoms with Gasteiger partial charge in [-0.2, -0.15) is 0 Å². The predicted octanol–water partition coefficient (Wildman–Crippen LogP) is 21.1. The standard InChI is InChI=1S/C78H47F2N3/c79-66-35-13-15-37-69(66)83(70-38-18-34-65-74(70)59-28-9-12-33-64(59)78(65)62-31-10-7-24-55(62)56-25-8-11-32-63(56)78)54-45-41-50(42-46-54)73-58-27-6-5-26-57(58)72(75-60-29-16-20-48-21-17-30-61(71(48)60)76(73)75)49-39-43-53(44-40-49)82(52-22-2-1-3-23-52)77-67(80)47-51-19-4-14-36-68(51)81-77/h1-47H. The molecule has 83 heavy (non-hydrogen) atoms. The van der Waals surface area contributed by atoms with Gasteiger partial charge in [-0.25, -0.2) is 13.8 Å². The SMILES string of the molecule is Fc1ccccc1N(c1ccc(-c2c3c(c(-c4ccc(N(c5ccccc5)c5nc6ccccc6cc5F)cc4)c4ccccc24)-c2cccc4cccc-3c24)cc1)c1cccc2c1-c1ccccc1C21c2ccccc2-c2ccccc21. The average molecular weight is 1060 g/mol. The first-order valence-electron chi connectivity index (χ1n) is 28.2. The summed E-state index contributed by atoms with van der Waals surface area (Å²) in [6.45, 7) is 0. The Bertz CT molecular complexity index is 4960. The van der Waals surface area contributed by atoms with Gasteiger partial charge >= 0.3 is 0 Å². The molecule has 1 heterocycles. The monoisotopic (exact) mass is 1060 g/mol. The molecular weight excluding hydrogens is 1020 g/mol. The van der Waals surface area contributed by atoms with E-state index in [9.17, 15) is 0 Å². The molecule has 17 rings (SSSR count). The summed E-state index contributed by atoms with van der Waals surface area (Å²) in [6.07, 6.45) is 0. The normalized spacial score (nSPS) is 12.8. The topological polar surface area (TPSA) is 19.4 Å². The number of hydrogen-bond acceptors (Lipinski definition) is 3. The largest absolute Gasteiger partial charge is 0.307 e. The van der Waals surface area contributed by atoms with Crippen molar-refractivity contribution in [2.24, 2.45) is 0 Å². The van der Waals surface area contributed by atoms with Crippen molar-refractivity contribution in [1.82, 2.24) is 4.98 Å². The van der Waals surface area contributed by atoms with E-state index in [0.717, 1.165) is 77.8 Å². The van der Waals surface area contributed by atoms with Crippen LogP contribution in [0, 0.1) is 11.6 Å². The quantitative estimate of drug-likeness (QED) is 0.151. The minimum Gasteiger partial charge on any atom is -0.307 e. The molecule has 0 amide bonds. The fraction of sp³-hybridized carbons (Fsp3) is 0.0128. The van der Waals surface area contributed by atoms with E-state index in [0.29, 0.717) is 5.69 Å². The maximum absolute atomic E-state index is 16.9. The minimum atomic E-state index is -0.562. The van der Waals surface area contributed by atoms with Crippen LogP contribution in [0.15, 0.2) is 285 Å². The Balaban J connectivity index is 0.848.